The van der Waals surface area contributed by atoms with Crippen LogP contribution in [0.15, 0.2) is 22.7 Å². The predicted molar refractivity (Wildman–Crippen MR) is 83.5 cm³/mol. The molecule has 1 saturated heterocycles. The zero-order chi connectivity index (χ0) is 14.9. The van der Waals surface area contributed by atoms with Crippen LogP contribution in [0.1, 0.15) is 38.4 Å². The number of hydrogen-bond acceptors (Lipinski definition) is 3. The van der Waals surface area contributed by atoms with Crippen LogP contribution < -0.4 is 10.6 Å². The summed E-state index contributed by atoms with van der Waals surface area (Å²) in [5.41, 5.74) is 7.36. The number of nitrogens with two attached hydrogens (primary N) is 1. The van der Waals surface area contributed by atoms with E-state index in [-0.39, 0.29) is 11.8 Å². The van der Waals surface area contributed by atoms with Gasteiger partial charge in [-0.05, 0) is 44.4 Å². The Morgan fingerprint density at radius 2 is 2.20 bits per heavy atom. The van der Waals surface area contributed by atoms with Crippen molar-refractivity contribution in [2.45, 2.75) is 38.8 Å². The Kier molecular flexibility index (Phi) is 4.70. The molecule has 5 heteroatoms. The second-order valence-corrected chi connectivity index (χ2v) is 6.41. The van der Waals surface area contributed by atoms with Gasteiger partial charge in [0.15, 0.2) is 0 Å². The fourth-order valence-corrected chi connectivity index (χ4v) is 3.43. The maximum atomic E-state index is 11.4. The van der Waals surface area contributed by atoms with Crippen molar-refractivity contribution in [1.29, 1.82) is 0 Å². The van der Waals surface area contributed by atoms with Crippen LogP contribution in [0.25, 0.3) is 0 Å². The number of aliphatic hydroxyl groups excluding tert-OH is 1. The lowest BCUT2D eigenvalue weighted by Crippen LogP contribution is -2.45. The second kappa shape index (κ2) is 6.14. The fraction of sp³-hybridized carbons (Fsp3) is 0.533. The standard InChI is InChI=1S/C15H21BrN2O2/c1-9-3-4-11(15(17)20)8-18(9)12-5-6-13(10(2)19)14(16)7-12/h5-7,9-11,19H,3-4,8H2,1-2H3,(H2,17,20)/t9?,10-,11?/m1/s1. The molecular weight excluding hydrogens is 320 g/mol. The van der Waals surface area contributed by atoms with Crippen LogP contribution in [0, 0.1) is 5.92 Å². The van der Waals surface area contributed by atoms with Gasteiger partial charge in [0.2, 0.25) is 5.91 Å². The van der Waals surface area contributed by atoms with Gasteiger partial charge in [-0.3, -0.25) is 4.79 Å². The molecule has 20 heavy (non-hydrogen) atoms. The van der Waals surface area contributed by atoms with Crippen LogP contribution in [-0.2, 0) is 4.79 Å². The molecule has 1 aromatic rings. The first-order valence-electron chi connectivity index (χ1n) is 6.93. The minimum Gasteiger partial charge on any atom is -0.389 e. The third kappa shape index (κ3) is 3.15. The highest BCUT2D eigenvalue weighted by molar-refractivity contribution is 9.10. The van der Waals surface area contributed by atoms with Crippen molar-refractivity contribution in [3.63, 3.8) is 0 Å². The van der Waals surface area contributed by atoms with E-state index in [0.717, 1.165) is 28.6 Å². The smallest absolute Gasteiger partial charge is 0.222 e. The molecule has 2 unspecified atom stereocenters. The summed E-state index contributed by atoms with van der Waals surface area (Å²) in [6.07, 6.45) is 1.32. The summed E-state index contributed by atoms with van der Waals surface area (Å²) in [6.45, 7) is 4.57. The Balaban J connectivity index is 2.25. The number of carbonyl (C=O) groups excluding carboxylic acids is 1. The van der Waals surface area contributed by atoms with Gasteiger partial charge in [-0.15, -0.1) is 0 Å². The van der Waals surface area contributed by atoms with E-state index < -0.39 is 6.10 Å². The highest BCUT2D eigenvalue weighted by Gasteiger charge is 2.29. The molecule has 110 valence electrons. The third-order valence-corrected chi connectivity index (χ3v) is 4.74. The number of rotatable bonds is 3. The quantitative estimate of drug-likeness (QED) is 0.888. The number of halogens is 1. The van der Waals surface area contributed by atoms with Crippen LogP contribution in [-0.4, -0.2) is 23.6 Å². The van der Waals surface area contributed by atoms with Gasteiger partial charge < -0.3 is 15.7 Å². The van der Waals surface area contributed by atoms with E-state index in [4.69, 9.17) is 5.73 Å². The van der Waals surface area contributed by atoms with Gasteiger partial charge >= 0.3 is 0 Å². The van der Waals surface area contributed by atoms with Crippen molar-refractivity contribution >= 4 is 27.5 Å². The molecule has 0 spiro atoms. The molecule has 0 bridgehead atoms. The molecule has 1 aliphatic heterocycles. The molecule has 0 saturated carbocycles. The largest absolute Gasteiger partial charge is 0.389 e. The van der Waals surface area contributed by atoms with E-state index in [9.17, 15) is 9.90 Å². The van der Waals surface area contributed by atoms with Crippen molar-refractivity contribution in [3.8, 4) is 0 Å². The number of benzene rings is 1. The maximum Gasteiger partial charge on any atom is 0.222 e. The zero-order valence-corrected chi connectivity index (χ0v) is 13.4. The molecule has 1 fully saturated rings. The lowest BCUT2D eigenvalue weighted by Gasteiger charge is -2.38. The van der Waals surface area contributed by atoms with Crippen LogP contribution >= 0.6 is 15.9 Å². The minimum absolute atomic E-state index is 0.0820. The van der Waals surface area contributed by atoms with Gasteiger partial charge in [0.1, 0.15) is 0 Å². The Morgan fingerprint density at radius 3 is 2.75 bits per heavy atom. The number of primary amides is 1. The molecule has 1 aromatic carbocycles. The Morgan fingerprint density at radius 1 is 1.50 bits per heavy atom. The third-order valence-electron chi connectivity index (χ3n) is 4.05. The van der Waals surface area contributed by atoms with Crippen LogP contribution in [0.5, 0.6) is 0 Å². The highest BCUT2D eigenvalue weighted by atomic mass is 79.9. The molecule has 2 rings (SSSR count). The fourth-order valence-electron chi connectivity index (χ4n) is 2.73. The molecule has 3 N–H and O–H groups in total. The molecule has 1 amide bonds. The summed E-state index contributed by atoms with van der Waals surface area (Å²) in [6, 6.07) is 6.30. The number of carbonyl (C=O) groups is 1. The summed E-state index contributed by atoms with van der Waals surface area (Å²) < 4.78 is 0.887. The summed E-state index contributed by atoms with van der Waals surface area (Å²) in [4.78, 5) is 13.6. The van der Waals surface area contributed by atoms with Crippen molar-refractivity contribution < 1.29 is 9.90 Å². The number of piperidine rings is 1. The lowest BCUT2D eigenvalue weighted by molar-refractivity contribution is -0.122. The Labute approximate surface area is 128 Å². The molecule has 1 heterocycles. The molecule has 1 aliphatic rings. The number of aliphatic hydroxyl groups is 1. The first kappa shape index (κ1) is 15.3. The molecular formula is C15H21BrN2O2. The van der Waals surface area contributed by atoms with Crippen molar-refractivity contribution in [2.24, 2.45) is 11.7 Å². The van der Waals surface area contributed by atoms with Gasteiger partial charge in [0.05, 0.1) is 12.0 Å². The average molecular weight is 341 g/mol. The van der Waals surface area contributed by atoms with Gasteiger partial charge in [-0.25, -0.2) is 0 Å². The van der Waals surface area contributed by atoms with Crippen LogP contribution in [0.4, 0.5) is 5.69 Å². The van der Waals surface area contributed by atoms with Crippen molar-refractivity contribution in [3.05, 3.63) is 28.2 Å². The van der Waals surface area contributed by atoms with E-state index in [1.54, 1.807) is 6.92 Å². The number of hydrogen-bond donors (Lipinski definition) is 2. The molecule has 0 aromatic heterocycles. The first-order chi connectivity index (χ1) is 9.40. The minimum atomic E-state index is -0.504. The van der Waals surface area contributed by atoms with E-state index in [0.29, 0.717) is 12.6 Å². The van der Waals surface area contributed by atoms with Gasteiger partial charge in [-0.2, -0.15) is 0 Å². The van der Waals surface area contributed by atoms with Gasteiger partial charge in [0.25, 0.3) is 0 Å². The Hall–Kier alpha value is -1.07. The molecule has 3 atom stereocenters. The molecule has 0 radical (unpaired) electrons. The number of amides is 1. The van der Waals surface area contributed by atoms with Crippen LogP contribution in [0.2, 0.25) is 0 Å². The number of nitrogens with zero attached hydrogens (tertiary/aromatic N) is 1. The molecule has 4 nitrogen and oxygen atoms in total. The van der Waals surface area contributed by atoms with E-state index in [1.807, 2.05) is 18.2 Å². The lowest BCUT2D eigenvalue weighted by atomic mass is 9.92. The van der Waals surface area contributed by atoms with E-state index in [1.165, 1.54) is 0 Å². The summed E-state index contributed by atoms with van der Waals surface area (Å²) in [5, 5.41) is 9.67. The SMILES string of the molecule is CC1CCC(C(N)=O)CN1c1ccc([C@@H](C)O)c(Br)c1. The van der Waals surface area contributed by atoms with Gasteiger partial charge in [0, 0.05) is 22.7 Å². The van der Waals surface area contributed by atoms with Crippen LogP contribution in [0.3, 0.4) is 0 Å². The monoisotopic (exact) mass is 340 g/mol. The highest BCUT2D eigenvalue weighted by Crippen LogP contribution is 2.32. The predicted octanol–water partition coefficient (Wildman–Crippen LogP) is 2.59. The summed E-state index contributed by atoms with van der Waals surface area (Å²) in [5.74, 6) is -0.303. The summed E-state index contributed by atoms with van der Waals surface area (Å²) in [7, 11) is 0. The topological polar surface area (TPSA) is 66.6 Å². The first-order valence-corrected chi connectivity index (χ1v) is 7.73. The Bertz CT molecular complexity index is 505. The normalized spacial score (nSPS) is 24.5. The maximum absolute atomic E-state index is 11.4. The zero-order valence-electron chi connectivity index (χ0n) is 11.8. The van der Waals surface area contributed by atoms with E-state index >= 15 is 0 Å². The average Bonchev–Trinajstić information content (AvgIpc) is 2.38. The second-order valence-electron chi connectivity index (χ2n) is 5.56. The summed E-state index contributed by atoms with van der Waals surface area (Å²) >= 11 is 3.50. The van der Waals surface area contributed by atoms with Gasteiger partial charge in [-0.1, -0.05) is 22.0 Å². The molecule has 0 aliphatic carbocycles. The van der Waals surface area contributed by atoms with Crippen molar-refractivity contribution in [1.82, 2.24) is 0 Å². The van der Waals surface area contributed by atoms with Crippen molar-refractivity contribution in [2.75, 3.05) is 11.4 Å². The van der Waals surface area contributed by atoms with E-state index in [2.05, 4.69) is 27.8 Å². The number of anilines is 1.